The highest BCUT2D eigenvalue weighted by Gasteiger charge is 2.42. The second-order valence-corrected chi connectivity index (χ2v) is 9.03. The van der Waals surface area contributed by atoms with E-state index in [-0.39, 0.29) is 28.4 Å². The van der Waals surface area contributed by atoms with Crippen LogP contribution in [0.1, 0.15) is 81.8 Å². The second kappa shape index (κ2) is 9.59. The van der Waals surface area contributed by atoms with Crippen molar-refractivity contribution in [3.8, 4) is 11.5 Å². The molecule has 3 atom stereocenters. The highest BCUT2D eigenvalue weighted by molar-refractivity contribution is 5.84. The average molecular weight is 415 g/mol. The van der Waals surface area contributed by atoms with E-state index in [2.05, 4.69) is 13.8 Å². The summed E-state index contributed by atoms with van der Waals surface area (Å²) in [6.45, 7) is 11.5. The predicted molar refractivity (Wildman–Crippen MR) is 117 cm³/mol. The molecule has 0 spiro atoms. The number of phenols is 1. The summed E-state index contributed by atoms with van der Waals surface area (Å²) in [5.41, 5.74) is 2.31. The lowest BCUT2D eigenvalue weighted by atomic mass is 9.59. The van der Waals surface area contributed by atoms with Gasteiger partial charge in [0.15, 0.2) is 6.29 Å². The van der Waals surface area contributed by atoms with Crippen molar-refractivity contribution in [2.75, 3.05) is 0 Å². The third kappa shape index (κ3) is 5.00. The van der Waals surface area contributed by atoms with E-state index in [4.69, 9.17) is 4.74 Å². The molecule has 164 valence electrons. The number of ether oxygens (including phenoxy) is 1. The van der Waals surface area contributed by atoms with Crippen LogP contribution < -0.4 is 4.74 Å². The number of aryl methyl sites for hydroxylation is 1. The van der Waals surface area contributed by atoms with Crippen LogP contribution in [0, 0.1) is 24.2 Å². The van der Waals surface area contributed by atoms with Gasteiger partial charge in [-0.3, -0.25) is 14.4 Å². The molecule has 0 heterocycles. The largest absolute Gasteiger partial charge is 0.507 e. The van der Waals surface area contributed by atoms with Gasteiger partial charge in [0.1, 0.15) is 17.3 Å². The summed E-state index contributed by atoms with van der Waals surface area (Å²) in [5, 5.41) is 10.6. The normalized spacial score (nSPS) is 24.6. The van der Waals surface area contributed by atoms with Gasteiger partial charge in [-0.1, -0.05) is 32.4 Å². The molecule has 2 rings (SSSR count). The van der Waals surface area contributed by atoms with Crippen LogP contribution in [-0.2, 0) is 16.0 Å². The maximum atomic E-state index is 12.2. The summed E-state index contributed by atoms with van der Waals surface area (Å²) in [6, 6.07) is 1.61. The number of benzene rings is 1. The molecule has 1 aromatic carbocycles. The lowest BCUT2D eigenvalue weighted by Crippen LogP contribution is -2.41. The summed E-state index contributed by atoms with van der Waals surface area (Å²) in [6.07, 6.45) is 6.34. The molecule has 1 fully saturated rings. The first-order valence-electron chi connectivity index (χ1n) is 10.7. The van der Waals surface area contributed by atoms with Crippen LogP contribution in [0.5, 0.6) is 11.5 Å². The van der Waals surface area contributed by atoms with Crippen molar-refractivity contribution in [1.29, 1.82) is 0 Å². The third-order valence-corrected chi connectivity index (χ3v) is 7.12. The molecule has 0 unspecified atom stereocenters. The topological polar surface area (TPSA) is 80.7 Å². The van der Waals surface area contributed by atoms with E-state index in [0.717, 1.165) is 24.8 Å². The number of allylic oxidation sites excluding steroid dienone is 2. The molecule has 0 saturated heterocycles. The Bertz CT molecular complexity index is 867. The lowest BCUT2D eigenvalue weighted by molar-refractivity contribution is -0.133. The molecule has 1 saturated carbocycles. The van der Waals surface area contributed by atoms with Gasteiger partial charge >= 0.3 is 5.97 Å². The van der Waals surface area contributed by atoms with Gasteiger partial charge in [0.05, 0.1) is 5.56 Å². The molecule has 1 aliphatic carbocycles. The van der Waals surface area contributed by atoms with Gasteiger partial charge in [-0.15, -0.1) is 0 Å². The number of aldehydes is 1. The van der Waals surface area contributed by atoms with Crippen molar-refractivity contribution in [2.45, 2.75) is 73.6 Å². The first kappa shape index (κ1) is 23.8. The first-order chi connectivity index (χ1) is 14.0. The number of carbonyl (C=O) groups is 3. The standard InChI is InChI=1S/C25H34O5/c1-15(11-12-25(6)17(3)8-10-22(28)18(25)4)7-9-20-23(30-19(5)27)13-16(2)21(14-26)24(20)29/h7,13-14,17-18,29H,8-12H2,1-6H3/b15-7+/t17-,18+,25+/m1/s1. The molecule has 0 bridgehead atoms. The molecule has 5 heteroatoms. The Morgan fingerprint density at radius 1 is 1.33 bits per heavy atom. The number of hydrogen-bond donors (Lipinski definition) is 1. The number of Topliss-reactive ketones (excluding diaryl/α,β-unsaturated/α-hetero) is 1. The lowest BCUT2D eigenvalue weighted by Gasteiger charge is -2.44. The Labute approximate surface area is 179 Å². The van der Waals surface area contributed by atoms with Crippen LogP contribution >= 0.6 is 0 Å². The molecule has 30 heavy (non-hydrogen) atoms. The SMILES string of the molecule is CC(=O)Oc1cc(C)c(C=O)c(O)c1C/C=C(\C)CC[C@@]1(C)[C@H](C)CCC(=O)[C@@H]1C. The highest BCUT2D eigenvalue weighted by Crippen LogP contribution is 2.47. The summed E-state index contributed by atoms with van der Waals surface area (Å²) < 4.78 is 5.27. The van der Waals surface area contributed by atoms with Crippen LogP contribution in [0.3, 0.4) is 0 Å². The fourth-order valence-corrected chi connectivity index (χ4v) is 4.43. The number of ketones is 1. The minimum absolute atomic E-state index is 0.0238. The Hall–Kier alpha value is -2.43. The van der Waals surface area contributed by atoms with E-state index in [1.54, 1.807) is 13.0 Å². The first-order valence-corrected chi connectivity index (χ1v) is 10.7. The van der Waals surface area contributed by atoms with Crippen LogP contribution in [0.4, 0.5) is 0 Å². The van der Waals surface area contributed by atoms with Crippen LogP contribution in [0.25, 0.3) is 0 Å². The molecule has 1 aromatic rings. The van der Waals surface area contributed by atoms with Crippen molar-refractivity contribution in [2.24, 2.45) is 17.3 Å². The van der Waals surface area contributed by atoms with Crippen LogP contribution in [-0.4, -0.2) is 23.1 Å². The van der Waals surface area contributed by atoms with Crippen molar-refractivity contribution >= 4 is 18.0 Å². The van der Waals surface area contributed by atoms with Gasteiger partial charge in [0.25, 0.3) is 0 Å². The van der Waals surface area contributed by atoms with Crippen molar-refractivity contribution < 1.29 is 24.2 Å². The molecular formula is C25H34O5. The minimum atomic E-state index is -0.479. The highest BCUT2D eigenvalue weighted by atomic mass is 16.5. The molecule has 1 aliphatic rings. The number of phenolic OH excluding ortho intramolecular Hbond substituents is 1. The van der Waals surface area contributed by atoms with E-state index in [0.29, 0.717) is 42.0 Å². The van der Waals surface area contributed by atoms with Crippen molar-refractivity contribution in [1.82, 2.24) is 0 Å². The summed E-state index contributed by atoms with van der Waals surface area (Å²) >= 11 is 0. The number of rotatable bonds is 7. The number of aromatic hydroxyl groups is 1. The second-order valence-electron chi connectivity index (χ2n) is 9.03. The Morgan fingerprint density at radius 2 is 2.00 bits per heavy atom. The number of esters is 1. The fraction of sp³-hybridized carbons (Fsp3) is 0.560. The van der Waals surface area contributed by atoms with Crippen LogP contribution in [0.2, 0.25) is 0 Å². The summed E-state index contributed by atoms with van der Waals surface area (Å²) in [5.74, 6) is 0.559. The van der Waals surface area contributed by atoms with E-state index in [1.165, 1.54) is 6.92 Å². The zero-order valence-electron chi connectivity index (χ0n) is 19.0. The fourth-order valence-electron chi connectivity index (χ4n) is 4.43. The maximum Gasteiger partial charge on any atom is 0.308 e. The minimum Gasteiger partial charge on any atom is -0.507 e. The summed E-state index contributed by atoms with van der Waals surface area (Å²) in [4.78, 5) is 35.1. The van der Waals surface area contributed by atoms with Gasteiger partial charge in [0, 0.05) is 24.8 Å². The van der Waals surface area contributed by atoms with Crippen LogP contribution in [0.15, 0.2) is 17.7 Å². The molecular weight excluding hydrogens is 380 g/mol. The molecule has 0 radical (unpaired) electrons. The average Bonchev–Trinajstić information content (AvgIpc) is 2.67. The number of carbonyl (C=O) groups excluding carboxylic acids is 3. The Kier molecular flexibility index (Phi) is 7.62. The Morgan fingerprint density at radius 3 is 2.60 bits per heavy atom. The molecule has 0 amide bonds. The smallest absolute Gasteiger partial charge is 0.308 e. The van der Waals surface area contributed by atoms with Crippen molar-refractivity contribution in [3.05, 3.63) is 34.4 Å². The quantitative estimate of drug-likeness (QED) is 0.282. The van der Waals surface area contributed by atoms with Gasteiger partial charge in [-0.05, 0) is 62.5 Å². The van der Waals surface area contributed by atoms with Gasteiger partial charge in [-0.25, -0.2) is 0 Å². The molecule has 5 nitrogen and oxygen atoms in total. The Balaban J connectivity index is 2.21. The molecule has 0 aromatic heterocycles. The monoisotopic (exact) mass is 414 g/mol. The third-order valence-electron chi connectivity index (χ3n) is 7.12. The van der Waals surface area contributed by atoms with Gasteiger partial charge < -0.3 is 9.84 Å². The van der Waals surface area contributed by atoms with E-state index in [9.17, 15) is 19.5 Å². The predicted octanol–water partition coefficient (Wildman–Crippen LogP) is 5.35. The molecule has 1 N–H and O–H groups in total. The molecule has 0 aliphatic heterocycles. The maximum absolute atomic E-state index is 12.2. The summed E-state index contributed by atoms with van der Waals surface area (Å²) in [7, 11) is 0. The van der Waals surface area contributed by atoms with Crippen molar-refractivity contribution in [3.63, 3.8) is 0 Å². The van der Waals surface area contributed by atoms with E-state index < -0.39 is 5.97 Å². The number of hydrogen-bond acceptors (Lipinski definition) is 5. The van der Waals surface area contributed by atoms with E-state index in [1.807, 2.05) is 19.9 Å². The zero-order valence-corrected chi connectivity index (χ0v) is 19.0. The zero-order chi connectivity index (χ0) is 22.6. The van der Waals surface area contributed by atoms with E-state index >= 15 is 0 Å². The van der Waals surface area contributed by atoms with Gasteiger partial charge in [-0.2, -0.15) is 0 Å². The van der Waals surface area contributed by atoms with Gasteiger partial charge in [0.2, 0.25) is 0 Å².